The molecule has 0 radical (unpaired) electrons. The summed E-state index contributed by atoms with van der Waals surface area (Å²) in [7, 11) is 0. The monoisotopic (exact) mass is 266 g/mol. The van der Waals surface area contributed by atoms with E-state index in [1.165, 1.54) is 58.0 Å². The summed E-state index contributed by atoms with van der Waals surface area (Å²) in [5, 5.41) is 3.62. The Bertz CT molecular complexity index is 246. The van der Waals surface area contributed by atoms with Crippen LogP contribution in [-0.2, 0) is 0 Å². The molecule has 1 heterocycles. The lowest BCUT2D eigenvalue weighted by Crippen LogP contribution is -2.47. The molecule has 2 atom stereocenters. The van der Waals surface area contributed by atoms with Crippen LogP contribution in [0.25, 0.3) is 0 Å². The molecule has 0 spiro atoms. The quantitative estimate of drug-likeness (QED) is 0.817. The van der Waals surface area contributed by atoms with Crippen LogP contribution in [0.15, 0.2) is 0 Å². The normalized spacial score (nSPS) is 37.4. The Balaban J connectivity index is 1.66. The van der Waals surface area contributed by atoms with E-state index in [9.17, 15) is 0 Å². The average Bonchev–Trinajstić information content (AvgIpc) is 2.40. The molecular formula is C17H34N2. The van der Waals surface area contributed by atoms with Gasteiger partial charge in [0.05, 0.1) is 0 Å². The fraction of sp³-hybridized carbons (Fsp3) is 1.00. The summed E-state index contributed by atoms with van der Waals surface area (Å²) in [6.45, 7) is 10.8. The van der Waals surface area contributed by atoms with Crippen molar-refractivity contribution in [3.8, 4) is 0 Å². The summed E-state index contributed by atoms with van der Waals surface area (Å²) < 4.78 is 0. The van der Waals surface area contributed by atoms with E-state index in [0.29, 0.717) is 0 Å². The second-order valence-corrected chi connectivity index (χ2v) is 7.08. The van der Waals surface area contributed by atoms with Crippen LogP contribution in [0, 0.1) is 11.8 Å². The van der Waals surface area contributed by atoms with Gasteiger partial charge in [-0.3, -0.25) is 0 Å². The first kappa shape index (κ1) is 15.3. The number of nitrogens with zero attached hydrogens (tertiary/aromatic N) is 1. The van der Waals surface area contributed by atoms with Crippen molar-refractivity contribution in [3.63, 3.8) is 0 Å². The second kappa shape index (κ2) is 7.64. The van der Waals surface area contributed by atoms with Gasteiger partial charge >= 0.3 is 0 Å². The van der Waals surface area contributed by atoms with E-state index in [2.05, 4.69) is 31.0 Å². The molecule has 2 nitrogen and oxygen atoms in total. The van der Waals surface area contributed by atoms with Crippen molar-refractivity contribution in [2.45, 2.75) is 77.8 Å². The van der Waals surface area contributed by atoms with Crippen molar-refractivity contribution >= 4 is 0 Å². The number of nitrogens with one attached hydrogen (secondary N) is 1. The Hall–Kier alpha value is -0.0800. The van der Waals surface area contributed by atoms with Crippen LogP contribution in [0.3, 0.4) is 0 Å². The SMILES string of the molecule is CCNC1CCN(CCC2CCC(C)CC2)C(C)C1. The zero-order chi connectivity index (χ0) is 13.7. The van der Waals surface area contributed by atoms with Crippen LogP contribution in [0.4, 0.5) is 0 Å². The van der Waals surface area contributed by atoms with Crippen LogP contribution in [-0.4, -0.2) is 36.6 Å². The summed E-state index contributed by atoms with van der Waals surface area (Å²) in [5.41, 5.74) is 0. The molecule has 1 saturated heterocycles. The van der Waals surface area contributed by atoms with E-state index in [4.69, 9.17) is 0 Å². The molecule has 0 aromatic carbocycles. The lowest BCUT2D eigenvalue weighted by atomic mass is 9.81. The second-order valence-electron chi connectivity index (χ2n) is 7.08. The minimum Gasteiger partial charge on any atom is -0.314 e. The van der Waals surface area contributed by atoms with Crippen LogP contribution < -0.4 is 5.32 Å². The predicted molar refractivity (Wildman–Crippen MR) is 83.5 cm³/mol. The number of hydrogen-bond acceptors (Lipinski definition) is 2. The molecule has 2 heteroatoms. The van der Waals surface area contributed by atoms with Crippen LogP contribution >= 0.6 is 0 Å². The van der Waals surface area contributed by atoms with Gasteiger partial charge in [-0.05, 0) is 57.7 Å². The molecule has 1 saturated carbocycles. The van der Waals surface area contributed by atoms with Gasteiger partial charge in [-0.2, -0.15) is 0 Å². The Morgan fingerprint density at radius 2 is 1.79 bits per heavy atom. The highest BCUT2D eigenvalue weighted by Crippen LogP contribution is 2.31. The van der Waals surface area contributed by atoms with E-state index in [1.54, 1.807) is 0 Å². The third-order valence-electron chi connectivity index (χ3n) is 5.47. The van der Waals surface area contributed by atoms with Crippen molar-refractivity contribution in [1.82, 2.24) is 10.2 Å². The number of piperidine rings is 1. The molecule has 2 unspecified atom stereocenters. The molecule has 112 valence electrons. The maximum Gasteiger partial charge on any atom is 0.00939 e. The maximum atomic E-state index is 3.62. The number of rotatable bonds is 5. The smallest absolute Gasteiger partial charge is 0.00939 e. The number of likely N-dealkylation sites (tertiary alicyclic amines) is 1. The highest BCUT2D eigenvalue weighted by atomic mass is 15.2. The molecule has 0 aromatic rings. The molecule has 19 heavy (non-hydrogen) atoms. The first-order valence-corrected chi connectivity index (χ1v) is 8.66. The molecule has 0 amide bonds. The van der Waals surface area contributed by atoms with Gasteiger partial charge in [0, 0.05) is 12.1 Å². The molecule has 1 aliphatic heterocycles. The molecule has 2 fully saturated rings. The fourth-order valence-electron chi connectivity index (χ4n) is 3.99. The van der Waals surface area contributed by atoms with E-state index in [-0.39, 0.29) is 0 Å². The topological polar surface area (TPSA) is 15.3 Å². The average molecular weight is 266 g/mol. The van der Waals surface area contributed by atoms with Gasteiger partial charge in [-0.1, -0.05) is 39.5 Å². The van der Waals surface area contributed by atoms with Gasteiger partial charge < -0.3 is 10.2 Å². The lowest BCUT2D eigenvalue weighted by Gasteiger charge is -2.39. The van der Waals surface area contributed by atoms with Gasteiger partial charge in [0.25, 0.3) is 0 Å². The van der Waals surface area contributed by atoms with Crippen LogP contribution in [0.1, 0.15) is 65.7 Å². The zero-order valence-corrected chi connectivity index (χ0v) is 13.3. The number of hydrogen-bond donors (Lipinski definition) is 1. The third-order valence-corrected chi connectivity index (χ3v) is 5.47. The molecule has 2 aliphatic rings. The van der Waals surface area contributed by atoms with Crippen molar-refractivity contribution in [2.75, 3.05) is 19.6 Å². The van der Waals surface area contributed by atoms with Gasteiger partial charge in [0.1, 0.15) is 0 Å². The van der Waals surface area contributed by atoms with E-state index in [0.717, 1.165) is 30.5 Å². The third kappa shape index (κ3) is 4.75. The van der Waals surface area contributed by atoms with Gasteiger partial charge in [-0.25, -0.2) is 0 Å². The first-order chi connectivity index (χ1) is 9.19. The summed E-state index contributed by atoms with van der Waals surface area (Å²) >= 11 is 0. The van der Waals surface area contributed by atoms with Crippen LogP contribution in [0.2, 0.25) is 0 Å². The summed E-state index contributed by atoms with van der Waals surface area (Å²) in [5.74, 6) is 2.01. The predicted octanol–water partition coefficient (Wildman–Crippen LogP) is 3.67. The molecule has 0 aromatic heterocycles. The van der Waals surface area contributed by atoms with Crippen molar-refractivity contribution < 1.29 is 0 Å². The minimum absolute atomic E-state index is 0.770. The zero-order valence-electron chi connectivity index (χ0n) is 13.3. The maximum absolute atomic E-state index is 3.62. The molecule has 2 rings (SSSR count). The van der Waals surface area contributed by atoms with Crippen molar-refractivity contribution in [3.05, 3.63) is 0 Å². The van der Waals surface area contributed by atoms with Crippen molar-refractivity contribution in [1.29, 1.82) is 0 Å². The first-order valence-electron chi connectivity index (χ1n) is 8.66. The molecular weight excluding hydrogens is 232 g/mol. The summed E-state index contributed by atoms with van der Waals surface area (Å²) in [6, 6.07) is 1.55. The van der Waals surface area contributed by atoms with Gasteiger partial charge in [0.2, 0.25) is 0 Å². The highest BCUT2D eigenvalue weighted by molar-refractivity contribution is 4.83. The largest absolute Gasteiger partial charge is 0.314 e. The Labute approximate surface area is 120 Å². The molecule has 1 N–H and O–H groups in total. The Morgan fingerprint density at radius 1 is 1.05 bits per heavy atom. The van der Waals surface area contributed by atoms with E-state index >= 15 is 0 Å². The van der Waals surface area contributed by atoms with Crippen LogP contribution in [0.5, 0.6) is 0 Å². The molecule has 0 bridgehead atoms. The fourth-order valence-corrected chi connectivity index (χ4v) is 3.99. The van der Waals surface area contributed by atoms with Gasteiger partial charge in [-0.15, -0.1) is 0 Å². The van der Waals surface area contributed by atoms with E-state index in [1.807, 2.05) is 0 Å². The minimum atomic E-state index is 0.770. The highest BCUT2D eigenvalue weighted by Gasteiger charge is 2.26. The Kier molecular flexibility index (Phi) is 6.15. The standard InChI is InChI=1S/C17H34N2/c1-4-18-17-10-12-19(15(3)13-17)11-9-16-7-5-14(2)6-8-16/h14-18H,4-13H2,1-3H3. The summed E-state index contributed by atoms with van der Waals surface area (Å²) in [4.78, 5) is 2.74. The van der Waals surface area contributed by atoms with Gasteiger partial charge in [0.15, 0.2) is 0 Å². The van der Waals surface area contributed by atoms with E-state index < -0.39 is 0 Å². The Morgan fingerprint density at radius 3 is 2.42 bits per heavy atom. The van der Waals surface area contributed by atoms with Crippen molar-refractivity contribution in [2.24, 2.45) is 11.8 Å². The summed E-state index contributed by atoms with van der Waals surface area (Å²) in [6.07, 6.45) is 10.1. The molecule has 1 aliphatic carbocycles. The lowest BCUT2D eigenvalue weighted by molar-refractivity contribution is 0.122.